The number of likely N-dealkylation sites (N-methyl/N-ethyl adjacent to an activating group) is 1. The minimum absolute atomic E-state index is 0.0577. The van der Waals surface area contributed by atoms with Crippen LogP contribution < -0.4 is 0 Å². The van der Waals surface area contributed by atoms with Crippen LogP contribution in [0.4, 0.5) is 0 Å². The Morgan fingerprint density at radius 3 is 2.33 bits per heavy atom. The average molecular weight is 343 g/mol. The Bertz CT molecular complexity index is 657. The second-order valence-corrected chi connectivity index (χ2v) is 7.52. The first-order valence-corrected chi connectivity index (χ1v) is 9.32. The smallest absolute Gasteiger partial charge is 0.277 e. The highest BCUT2D eigenvalue weighted by Crippen LogP contribution is 2.30. The SMILES string of the molecule is CC(C)c1ccc(/C=C2/C(=O)N(C3CCCCC3)C(=S)N2C)cc1. The number of benzene rings is 1. The first kappa shape index (κ1) is 17.2. The lowest BCUT2D eigenvalue weighted by Gasteiger charge is -2.30. The molecule has 0 aromatic heterocycles. The van der Waals surface area contributed by atoms with E-state index >= 15 is 0 Å². The van der Waals surface area contributed by atoms with E-state index in [1.165, 1.54) is 24.8 Å². The number of rotatable bonds is 3. The van der Waals surface area contributed by atoms with E-state index in [1.807, 2.05) is 22.9 Å². The highest BCUT2D eigenvalue weighted by Gasteiger charge is 2.40. The summed E-state index contributed by atoms with van der Waals surface area (Å²) in [5.74, 6) is 0.569. The van der Waals surface area contributed by atoms with Gasteiger partial charge in [0.25, 0.3) is 5.91 Å². The van der Waals surface area contributed by atoms with Crippen LogP contribution in [0.2, 0.25) is 0 Å². The van der Waals surface area contributed by atoms with Gasteiger partial charge in [0.2, 0.25) is 0 Å². The molecule has 1 aromatic carbocycles. The maximum atomic E-state index is 12.9. The van der Waals surface area contributed by atoms with Gasteiger partial charge in [0.15, 0.2) is 5.11 Å². The molecule has 4 heteroatoms. The molecule has 1 amide bonds. The largest absolute Gasteiger partial charge is 0.317 e. The number of carbonyl (C=O) groups excluding carboxylic acids is 1. The Labute approximate surface area is 150 Å². The molecular formula is C20H26N2OS. The molecule has 0 bridgehead atoms. The van der Waals surface area contributed by atoms with E-state index < -0.39 is 0 Å². The molecule has 128 valence electrons. The molecule has 2 aliphatic rings. The highest BCUT2D eigenvalue weighted by atomic mass is 32.1. The quantitative estimate of drug-likeness (QED) is 0.595. The second kappa shape index (κ2) is 7.06. The Morgan fingerprint density at radius 1 is 1.12 bits per heavy atom. The number of nitrogens with zero attached hydrogens (tertiary/aromatic N) is 2. The van der Waals surface area contributed by atoms with Crippen LogP contribution >= 0.6 is 12.2 Å². The van der Waals surface area contributed by atoms with Crippen molar-refractivity contribution >= 4 is 29.3 Å². The number of hydrogen-bond donors (Lipinski definition) is 0. The summed E-state index contributed by atoms with van der Waals surface area (Å²) in [7, 11) is 1.90. The second-order valence-electron chi connectivity index (χ2n) is 7.16. The minimum atomic E-state index is 0.0577. The third-order valence-corrected chi connectivity index (χ3v) is 5.61. The van der Waals surface area contributed by atoms with Crippen molar-refractivity contribution in [2.45, 2.75) is 57.9 Å². The average Bonchev–Trinajstić information content (AvgIpc) is 2.80. The summed E-state index contributed by atoms with van der Waals surface area (Å²) in [6, 6.07) is 8.70. The number of carbonyl (C=O) groups is 1. The maximum Gasteiger partial charge on any atom is 0.277 e. The molecular weight excluding hydrogens is 316 g/mol. The van der Waals surface area contributed by atoms with Gasteiger partial charge in [-0.3, -0.25) is 9.69 Å². The van der Waals surface area contributed by atoms with Crippen LogP contribution in [0.3, 0.4) is 0 Å². The van der Waals surface area contributed by atoms with Gasteiger partial charge in [-0.25, -0.2) is 0 Å². The predicted octanol–water partition coefficient (Wildman–Crippen LogP) is 4.54. The van der Waals surface area contributed by atoms with Gasteiger partial charge in [0, 0.05) is 13.1 Å². The van der Waals surface area contributed by atoms with Gasteiger partial charge in [-0.2, -0.15) is 0 Å². The molecule has 24 heavy (non-hydrogen) atoms. The van der Waals surface area contributed by atoms with Crippen molar-refractivity contribution in [3.05, 3.63) is 41.1 Å². The summed E-state index contributed by atoms with van der Waals surface area (Å²) < 4.78 is 0. The van der Waals surface area contributed by atoms with Crippen molar-refractivity contribution in [2.24, 2.45) is 0 Å². The summed E-state index contributed by atoms with van der Waals surface area (Å²) in [6.45, 7) is 4.37. The lowest BCUT2D eigenvalue weighted by Crippen LogP contribution is -2.41. The highest BCUT2D eigenvalue weighted by molar-refractivity contribution is 7.80. The molecule has 1 heterocycles. The van der Waals surface area contributed by atoms with Crippen LogP contribution in [0, 0.1) is 0 Å². The number of thiocarbonyl (C=S) groups is 1. The third kappa shape index (κ3) is 3.25. The fourth-order valence-electron chi connectivity index (χ4n) is 3.57. The Kier molecular flexibility index (Phi) is 5.04. The lowest BCUT2D eigenvalue weighted by molar-refractivity contribution is -0.124. The van der Waals surface area contributed by atoms with E-state index in [4.69, 9.17) is 12.2 Å². The molecule has 0 radical (unpaired) electrons. The van der Waals surface area contributed by atoms with Crippen LogP contribution in [-0.2, 0) is 4.79 Å². The van der Waals surface area contributed by atoms with Gasteiger partial charge in [0.05, 0.1) is 0 Å². The first-order chi connectivity index (χ1) is 11.5. The molecule has 0 unspecified atom stereocenters. The Hall–Kier alpha value is -1.68. The molecule has 1 aliphatic heterocycles. The minimum Gasteiger partial charge on any atom is -0.317 e. The number of amides is 1. The fraction of sp³-hybridized carbons (Fsp3) is 0.500. The Morgan fingerprint density at radius 2 is 1.75 bits per heavy atom. The molecule has 1 saturated carbocycles. The number of hydrogen-bond acceptors (Lipinski definition) is 2. The molecule has 0 atom stereocenters. The Balaban J connectivity index is 1.84. The van der Waals surface area contributed by atoms with Gasteiger partial charge in [0.1, 0.15) is 5.70 Å². The van der Waals surface area contributed by atoms with Crippen LogP contribution in [0.5, 0.6) is 0 Å². The van der Waals surface area contributed by atoms with Crippen LogP contribution in [0.25, 0.3) is 6.08 Å². The van der Waals surface area contributed by atoms with Crippen molar-refractivity contribution in [2.75, 3.05) is 7.05 Å². The van der Waals surface area contributed by atoms with Crippen molar-refractivity contribution < 1.29 is 4.79 Å². The molecule has 1 saturated heterocycles. The van der Waals surface area contributed by atoms with E-state index in [2.05, 4.69) is 38.1 Å². The van der Waals surface area contributed by atoms with E-state index in [-0.39, 0.29) is 11.9 Å². The molecule has 2 fully saturated rings. The molecule has 0 N–H and O–H groups in total. The summed E-state index contributed by atoms with van der Waals surface area (Å²) in [5.41, 5.74) is 3.04. The fourth-order valence-corrected chi connectivity index (χ4v) is 3.90. The van der Waals surface area contributed by atoms with Crippen LogP contribution in [0.15, 0.2) is 30.0 Å². The van der Waals surface area contributed by atoms with Gasteiger partial charge in [-0.05, 0) is 48.2 Å². The summed E-state index contributed by atoms with van der Waals surface area (Å²) in [5, 5.41) is 0.650. The summed E-state index contributed by atoms with van der Waals surface area (Å²) >= 11 is 5.56. The standard InChI is InChI=1S/C20H26N2OS/c1-14(2)16-11-9-15(10-12-16)13-18-19(23)22(20(24)21(18)3)17-7-5-4-6-8-17/h9-14,17H,4-8H2,1-3H3/b18-13-. The zero-order chi connectivity index (χ0) is 17.3. The topological polar surface area (TPSA) is 23.6 Å². The van der Waals surface area contributed by atoms with Crippen molar-refractivity contribution in [3.63, 3.8) is 0 Å². The lowest BCUT2D eigenvalue weighted by atomic mass is 9.94. The summed E-state index contributed by atoms with van der Waals surface area (Å²) in [4.78, 5) is 16.6. The van der Waals surface area contributed by atoms with Crippen molar-refractivity contribution in [3.8, 4) is 0 Å². The van der Waals surface area contributed by atoms with Gasteiger partial charge >= 0.3 is 0 Å². The molecule has 3 rings (SSSR count). The van der Waals surface area contributed by atoms with Crippen molar-refractivity contribution in [1.29, 1.82) is 0 Å². The molecule has 1 aliphatic carbocycles. The van der Waals surface area contributed by atoms with E-state index in [9.17, 15) is 4.79 Å². The maximum absolute atomic E-state index is 12.9. The van der Waals surface area contributed by atoms with Crippen molar-refractivity contribution in [1.82, 2.24) is 9.80 Å². The van der Waals surface area contributed by atoms with Gasteiger partial charge in [-0.15, -0.1) is 0 Å². The molecule has 0 spiro atoms. The summed E-state index contributed by atoms with van der Waals surface area (Å²) in [6.07, 6.45) is 7.74. The first-order valence-electron chi connectivity index (χ1n) is 8.92. The monoisotopic (exact) mass is 342 g/mol. The predicted molar refractivity (Wildman–Crippen MR) is 103 cm³/mol. The zero-order valence-electron chi connectivity index (χ0n) is 14.8. The normalized spacial score (nSPS) is 21.4. The van der Waals surface area contributed by atoms with Crippen LogP contribution in [0.1, 0.15) is 63.0 Å². The molecule has 1 aromatic rings. The van der Waals surface area contributed by atoms with E-state index in [0.717, 1.165) is 18.4 Å². The zero-order valence-corrected chi connectivity index (χ0v) is 15.6. The van der Waals surface area contributed by atoms with E-state index in [0.29, 0.717) is 16.7 Å². The van der Waals surface area contributed by atoms with E-state index in [1.54, 1.807) is 0 Å². The third-order valence-electron chi connectivity index (χ3n) is 5.14. The van der Waals surface area contributed by atoms with Gasteiger partial charge in [-0.1, -0.05) is 57.4 Å². The molecule has 3 nitrogen and oxygen atoms in total. The van der Waals surface area contributed by atoms with Gasteiger partial charge < -0.3 is 4.90 Å². The van der Waals surface area contributed by atoms with Crippen LogP contribution in [-0.4, -0.2) is 33.9 Å².